The second kappa shape index (κ2) is 11.5. The summed E-state index contributed by atoms with van der Waals surface area (Å²) in [5.41, 5.74) is -1.13. The molecule has 1 aliphatic heterocycles. The maximum Gasteiger partial charge on any atom is 0.416 e. The molecule has 1 N–H and O–H groups in total. The molecule has 4 rings (SSSR count). The van der Waals surface area contributed by atoms with Gasteiger partial charge in [-0.2, -0.15) is 13.2 Å². The highest BCUT2D eigenvalue weighted by molar-refractivity contribution is 8.18. The van der Waals surface area contributed by atoms with E-state index < -0.39 is 45.9 Å². The zero-order valence-electron chi connectivity index (χ0n) is 20.4. The van der Waals surface area contributed by atoms with Gasteiger partial charge in [0.25, 0.3) is 11.1 Å². The number of ether oxygens (including phenoxy) is 2. The van der Waals surface area contributed by atoms with Crippen LogP contribution in [0.1, 0.15) is 11.1 Å². The lowest BCUT2D eigenvalue weighted by Crippen LogP contribution is -2.36. The van der Waals surface area contributed by atoms with E-state index in [1.54, 1.807) is 24.3 Å². The third-order valence-electron chi connectivity index (χ3n) is 5.44. The van der Waals surface area contributed by atoms with Crippen molar-refractivity contribution in [3.63, 3.8) is 0 Å². The van der Waals surface area contributed by atoms with Crippen molar-refractivity contribution in [2.75, 3.05) is 19.0 Å². The number of thioether (sulfide) groups is 1. The van der Waals surface area contributed by atoms with Crippen molar-refractivity contribution >= 4 is 46.3 Å². The number of hydrogen-bond acceptors (Lipinski definition) is 8. The summed E-state index contributed by atoms with van der Waals surface area (Å²) >= 11 is 0.649. The Kier molecular flexibility index (Phi) is 8.09. The predicted molar refractivity (Wildman–Crippen MR) is 139 cm³/mol. The number of nitrogens with zero attached hydrogens (tertiary/aromatic N) is 2. The largest absolute Gasteiger partial charge is 0.497 e. The zero-order chi connectivity index (χ0) is 29.0. The van der Waals surface area contributed by atoms with Gasteiger partial charge in [-0.15, -0.1) is 0 Å². The summed E-state index contributed by atoms with van der Waals surface area (Å²) < 4.78 is 49.2. The number of nitro groups is 1. The first-order chi connectivity index (χ1) is 18.9. The smallest absolute Gasteiger partial charge is 0.416 e. The number of carbonyl (C=O) groups is 3. The molecule has 1 aliphatic rings. The molecular weight excluding hydrogens is 555 g/mol. The molecule has 0 radical (unpaired) electrons. The van der Waals surface area contributed by atoms with E-state index >= 15 is 0 Å². The van der Waals surface area contributed by atoms with Gasteiger partial charge in [0.15, 0.2) is 0 Å². The van der Waals surface area contributed by atoms with Crippen molar-refractivity contribution in [3.05, 3.63) is 92.9 Å². The van der Waals surface area contributed by atoms with Crippen molar-refractivity contribution in [2.45, 2.75) is 6.18 Å². The van der Waals surface area contributed by atoms with Crippen LogP contribution in [0.25, 0.3) is 6.08 Å². The molecular formula is C26H18F3N3O7S. The molecule has 0 atom stereocenters. The van der Waals surface area contributed by atoms with Crippen LogP contribution < -0.4 is 14.8 Å². The number of imide groups is 1. The van der Waals surface area contributed by atoms with Gasteiger partial charge in [-0.3, -0.25) is 29.4 Å². The Bertz CT molecular complexity index is 1510. The number of nitro benzene ring substituents is 1. The van der Waals surface area contributed by atoms with Crippen molar-refractivity contribution in [3.8, 4) is 17.2 Å². The standard InChI is InChI=1S/C26H18F3N3O7S/c1-38-18-9-5-17(6-10-18)30-23(33)14-31-24(34)22(40-25(31)35)12-15-2-7-19(8-3-15)39-21-11-4-16(26(27,28)29)13-20(21)32(36)37/h2-13H,14H2,1H3,(H,30,33)/b22-12+. The topological polar surface area (TPSA) is 128 Å². The molecule has 40 heavy (non-hydrogen) atoms. The Morgan fingerprint density at radius 1 is 1.05 bits per heavy atom. The number of nitrogens with one attached hydrogen (secondary N) is 1. The molecule has 206 valence electrons. The predicted octanol–water partition coefficient (Wildman–Crippen LogP) is 6.09. The van der Waals surface area contributed by atoms with Gasteiger partial charge >= 0.3 is 11.9 Å². The van der Waals surface area contributed by atoms with Crippen molar-refractivity contribution in [2.24, 2.45) is 0 Å². The highest BCUT2D eigenvalue weighted by Gasteiger charge is 2.36. The maximum absolute atomic E-state index is 12.9. The summed E-state index contributed by atoms with van der Waals surface area (Å²) in [5, 5.41) is 13.2. The fourth-order valence-electron chi connectivity index (χ4n) is 3.49. The minimum absolute atomic E-state index is 0.0642. The van der Waals surface area contributed by atoms with E-state index in [1.165, 1.54) is 37.5 Å². The number of methoxy groups -OCH3 is 1. The lowest BCUT2D eigenvalue weighted by Gasteiger charge is -2.12. The van der Waals surface area contributed by atoms with Crippen molar-refractivity contribution in [1.82, 2.24) is 4.90 Å². The zero-order valence-corrected chi connectivity index (χ0v) is 21.2. The van der Waals surface area contributed by atoms with Crippen molar-refractivity contribution < 1.29 is 42.0 Å². The van der Waals surface area contributed by atoms with Gasteiger partial charge in [0.2, 0.25) is 11.7 Å². The third kappa shape index (κ3) is 6.58. The fraction of sp³-hybridized carbons (Fsp3) is 0.115. The molecule has 0 saturated carbocycles. The molecule has 3 aromatic rings. The highest BCUT2D eigenvalue weighted by atomic mass is 32.2. The van der Waals surface area contributed by atoms with Gasteiger partial charge in [0, 0.05) is 11.8 Å². The van der Waals surface area contributed by atoms with Crippen LogP contribution in [0, 0.1) is 10.1 Å². The van der Waals surface area contributed by atoms with Crippen LogP contribution in [0.15, 0.2) is 71.6 Å². The summed E-state index contributed by atoms with van der Waals surface area (Å²) in [4.78, 5) is 48.6. The van der Waals surface area contributed by atoms with Crippen LogP contribution in [0.2, 0.25) is 0 Å². The van der Waals surface area contributed by atoms with Gasteiger partial charge in [0.1, 0.15) is 18.0 Å². The van der Waals surface area contributed by atoms with Gasteiger partial charge < -0.3 is 14.8 Å². The van der Waals surface area contributed by atoms with Crippen LogP contribution in [0.4, 0.5) is 29.3 Å². The number of carbonyl (C=O) groups excluding carboxylic acids is 3. The lowest BCUT2D eigenvalue weighted by molar-refractivity contribution is -0.385. The first-order valence-corrected chi connectivity index (χ1v) is 12.1. The highest BCUT2D eigenvalue weighted by Crippen LogP contribution is 2.38. The molecule has 0 aromatic heterocycles. The number of alkyl halides is 3. The number of benzene rings is 3. The molecule has 14 heteroatoms. The Labute approximate surface area is 228 Å². The van der Waals surface area contributed by atoms with Gasteiger partial charge in [-0.05, 0) is 71.9 Å². The molecule has 3 aromatic carbocycles. The molecule has 0 spiro atoms. The normalized spacial score (nSPS) is 14.4. The monoisotopic (exact) mass is 573 g/mol. The summed E-state index contributed by atoms with van der Waals surface area (Å²) in [7, 11) is 1.50. The van der Waals surface area contributed by atoms with E-state index in [1.807, 2.05) is 0 Å². The number of amides is 3. The minimum Gasteiger partial charge on any atom is -0.497 e. The molecule has 1 heterocycles. The quantitative estimate of drug-likeness (QED) is 0.195. The van der Waals surface area contributed by atoms with Crippen LogP contribution in [-0.4, -0.2) is 40.5 Å². The van der Waals surface area contributed by atoms with E-state index in [2.05, 4.69) is 5.32 Å². The minimum atomic E-state index is -4.76. The Balaban J connectivity index is 1.42. The molecule has 1 saturated heterocycles. The Hall–Kier alpha value is -4.85. The first kappa shape index (κ1) is 28.2. The Morgan fingerprint density at radius 2 is 1.70 bits per heavy atom. The van der Waals surface area contributed by atoms with Crippen LogP contribution in [0.3, 0.4) is 0 Å². The average Bonchev–Trinajstić information content (AvgIpc) is 3.16. The van der Waals surface area contributed by atoms with E-state index in [-0.39, 0.29) is 16.4 Å². The molecule has 0 aliphatic carbocycles. The summed E-state index contributed by atoms with van der Waals surface area (Å²) in [6.07, 6.45) is -3.35. The first-order valence-electron chi connectivity index (χ1n) is 11.3. The molecule has 1 fully saturated rings. The number of rotatable bonds is 8. The summed E-state index contributed by atoms with van der Waals surface area (Å²) in [6, 6.07) is 14.1. The fourth-order valence-corrected chi connectivity index (χ4v) is 4.33. The van der Waals surface area contributed by atoms with Gasteiger partial charge in [0.05, 0.1) is 22.5 Å². The van der Waals surface area contributed by atoms with Crippen molar-refractivity contribution in [1.29, 1.82) is 0 Å². The van der Waals surface area contributed by atoms with Crippen LogP contribution in [-0.2, 0) is 15.8 Å². The third-order valence-corrected chi connectivity index (χ3v) is 6.35. The second-order valence-electron chi connectivity index (χ2n) is 8.15. The Morgan fingerprint density at radius 3 is 2.30 bits per heavy atom. The SMILES string of the molecule is COc1ccc(NC(=O)CN2C(=O)S/C(=C/c3ccc(Oc4ccc(C(F)(F)F)cc4[N+](=O)[O-])cc3)C2=O)cc1. The molecule has 10 nitrogen and oxygen atoms in total. The van der Waals surface area contributed by atoms with Gasteiger partial charge in [-0.25, -0.2) is 0 Å². The van der Waals surface area contributed by atoms with E-state index in [9.17, 15) is 37.7 Å². The molecule has 0 bridgehead atoms. The van der Waals surface area contributed by atoms with E-state index in [0.717, 1.165) is 11.0 Å². The van der Waals surface area contributed by atoms with E-state index in [4.69, 9.17) is 9.47 Å². The lowest BCUT2D eigenvalue weighted by atomic mass is 10.1. The van der Waals surface area contributed by atoms with Crippen LogP contribution >= 0.6 is 11.8 Å². The number of hydrogen-bond donors (Lipinski definition) is 1. The number of halogens is 3. The van der Waals surface area contributed by atoms with Gasteiger partial charge in [-0.1, -0.05) is 12.1 Å². The summed E-state index contributed by atoms with van der Waals surface area (Å²) in [5.74, 6) is -0.953. The average molecular weight is 574 g/mol. The van der Waals surface area contributed by atoms with Crippen LogP contribution in [0.5, 0.6) is 17.2 Å². The van der Waals surface area contributed by atoms with E-state index in [0.29, 0.717) is 40.9 Å². The molecule has 3 amide bonds. The molecule has 0 unspecified atom stereocenters. The summed E-state index contributed by atoms with van der Waals surface area (Å²) in [6.45, 7) is -0.493. The number of anilines is 1. The maximum atomic E-state index is 12.9. The second-order valence-corrected chi connectivity index (χ2v) is 9.15.